The van der Waals surface area contributed by atoms with Crippen molar-refractivity contribution >= 4 is 11.6 Å². The van der Waals surface area contributed by atoms with Crippen molar-refractivity contribution < 1.29 is 18.4 Å². The zero-order chi connectivity index (χ0) is 17.6. The van der Waals surface area contributed by atoms with Crippen LogP contribution in [0, 0.1) is 5.82 Å². The maximum absolute atomic E-state index is 12.9. The molecule has 1 N–H and O–H groups in total. The van der Waals surface area contributed by atoms with E-state index >= 15 is 0 Å². The Labute approximate surface area is 142 Å². The van der Waals surface area contributed by atoms with Crippen molar-refractivity contribution in [2.75, 3.05) is 12.4 Å². The Morgan fingerprint density at radius 2 is 2.04 bits per heavy atom. The minimum absolute atomic E-state index is 0.178. The molecule has 0 bridgehead atoms. The Hall–Kier alpha value is -3.29. The van der Waals surface area contributed by atoms with Gasteiger partial charge in [0.05, 0.1) is 19.0 Å². The van der Waals surface area contributed by atoms with Gasteiger partial charge in [-0.15, -0.1) is 0 Å². The van der Waals surface area contributed by atoms with Crippen LogP contribution in [0.2, 0.25) is 0 Å². The molecule has 0 saturated heterocycles. The number of methoxy groups -OCH3 is 1. The quantitative estimate of drug-likeness (QED) is 0.741. The highest BCUT2D eigenvalue weighted by atomic mass is 19.1. The van der Waals surface area contributed by atoms with Crippen molar-refractivity contribution in [3.8, 4) is 17.3 Å². The maximum atomic E-state index is 12.9. The van der Waals surface area contributed by atoms with Crippen molar-refractivity contribution in [2.24, 2.45) is 0 Å². The number of nitrogens with one attached hydrogen (secondary N) is 1. The highest BCUT2D eigenvalue weighted by molar-refractivity contribution is 5.90. The molecule has 7 nitrogen and oxygen atoms in total. The normalized spacial score (nSPS) is 10.5. The number of aryl methyl sites for hydroxylation is 1. The molecule has 0 spiro atoms. The van der Waals surface area contributed by atoms with Gasteiger partial charge in [0.2, 0.25) is 23.5 Å². The third-order valence-corrected chi connectivity index (χ3v) is 3.37. The number of benzene rings is 1. The predicted octanol–water partition coefficient (Wildman–Crippen LogP) is 2.85. The van der Waals surface area contributed by atoms with Crippen LogP contribution in [-0.2, 0) is 11.2 Å². The van der Waals surface area contributed by atoms with Gasteiger partial charge in [0.25, 0.3) is 0 Å². The molecule has 25 heavy (non-hydrogen) atoms. The number of carbonyl (C=O) groups is 1. The molecule has 0 aliphatic heterocycles. The summed E-state index contributed by atoms with van der Waals surface area (Å²) in [4.78, 5) is 20.2. The highest BCUT2D eigenvalue weighted by Crippen LogP contribution is 2.17. The number of pyridine rings is 1. The lowest BCUT2D eigenvalue weighted by atomic mass is 10.2. The predicted molar refractivity (Wildman–Crippen MR) is 87.4 cm³/mol. The zero-order valence-corrected chi connectivity index (χ0v) is 13.4. The van der Waals surface area contributed by atoms with Gasteiger partial charge in [-0.1, -0.05) is 5.16 Å². The number of hydrogen-bond donors (Lipinski definition) is 1. The molecule has 2 aromatic heterocycles. The molecule has 0 saturated carbocycles. The summed E-state index contributed by atoms with van der Waals surface area (Å²) in [5.41, 5.74) is 1.22. The number of carbonyl (C=O) groups excluding carboxylic acids is 1. The highest BCUT2D eigenvalue weighted by Gasteiger charge is 2.11. The van der Waals surface area contributed by atoms with Crippen molar-refractivity contribution in [3.05, 3.63) is 54.3 Å². The Balaban J connectivity index is 1.54. The van der Waals surface area contributed by atoms with Gasteiger partial charge in [-0.25, -0.2) is 9.37 Å². The van der Waals surface area contributed by atoms with E-state index in [1.54, 1.807) is 24.3 Å². The number of rotatable bonds is 6. The first-order valence-corrected chi connectivity index (χ1v) is 7.52. The molecule has 0 unspecified atom stereocenters. The van der Waals surface area contributed by atoms with E-state index in [2.05, 4.69) is 20.4 Å². The third-order valence-electron chi connectivity index (χ3n) is 3.37. The number of hydrogen-bond acceptors (Lipinski definition) is 6. The Morgan fingerprint density at radius 3 is 2.72 bits per heavy atom. The molecule has 128 valence electrons. The lowest BCUT2D eigenvalue weighted by molar-refractivity contribution is -0.116. The third kappa shape index (κ3) is 4.37. The number of amides is 1. The van der Waals surface area contributed by atoms with Crippen LogP contribution in [0.25, 0.3) is 11.4 Å². The molecule has 1 amide bonds. The molecule has 0 aliphatic carbocycles. The first-order chi connectivity index (χ1) is 12.1. The van der Waals surface area contributed by atoms with E-state index in [9.17, 15) is 9.18 Å². The van der Waals surface area contributed by atoms with Crippen LogP contribution in [0.1, 0.15) is 12.3 Å². The van der Waals surface area contributed by atoms with E-state index in [0.717, 1.165) is 0 Å². The SMILES string of the molecule is COc1ccc(NC(=O)CCc2nc(-c3ccc(F)cc3)no2)cn1. The van der Waals surface area contributed by atoms with Gasteiger partial charge in [0.1, 0.15) is 5.82 Å². The largest absolute Gasteiger partial charge is 0.481 e. The van der Waals surface area contributed by atoms with Crippen LogP contribution >= 0.6 is 0 Å². The lowest BCUT2D eigenvalue weighted by Crippen LogP contribution is -2.12. The molecule has 0 fully saturated rings. The summed E-state index contributed by atoms with van der Waals surface area (Å²) in [5.74, 6) is 0.625. The summed E-state index contributed by atoms with van der Waals surface area (Å²) in [7, 11) is 1.52. The fourth-order valence-electron chi connectivity index (χ4n) is 2.09. The number of halogens is 1. The smallest absolute Gasteiger partial charge is 0.227 e. The van der Waals surface area contributed by atoms with Crippen LogP contribution in [0.3, 0.4) is 0 Å². The monoisotopic (exact) mass is 342 g/mol. The summed E-state index contributed by atoms with van der Waals surface area (Å²) >= 11 is 0. The summed E-state index contributed by atoms with van der Waals surface area (Å²) < 4.78 is 23.0. The minimum atomic E-state index is -0.336. The van der Waals surface area contributed by atoms with Crippen LogP contribution < -0.4 is 10.1 Å². The molecular formula is C17H15FN4O3. The fourth-order valence-corrected chi connectivity index (χ4v) is 2.09. The van der Waals surface area contributed by atoms with Gasteiger partial charge < -0.3 is 14.6 Å². The maximum Gasteiger partial charge on any atom is 0.227 e. The van der Waals surface area contributed by atoms with E-state index < -0.39 is 0 Å². The van der Waals surface area contributed by atoms with E-state index in [0.29, 0.717) is 35.3 Å². The lowest BCUT2D eigenvalue weighted by Gasteiger charge is -2.04. The standard InChI is InChI=1S/C17H15FN4O3/c1-24-15-8-6-13(10-19-15)20-14(23)7-9-16-21-17(22-25-16)11-2-4-12(18)5-3-11/h2-6,8,10H,7,9H2,1H3,(H,20,23). The molecule has 0 radical (unpaired) electrons. The summed E-state index contributed by atoms with van der Waals surface area (Å²) in [6, 6.07) is 9.12. The number of nitrogens with zero attached hydrogens (tertiary/aromatic N) is 3. The number of aromatic nitrogens is 3. The average molecular weight is 342 g/mol. The topological polar surface area (TPSA) is 90.1 Å². The van der Waals surface area contributed by atoms with E-state index in [4.69, 9.17) is 9.26 Å². The van der Waals surface area contributed by atoms with Gasteiger partial charge in [0, 0.05) is 24.5 Å². The molecule has 0 atom stereocenters. The van der Waals surface area contributed by atoms with Gasteiger partial charge in [-0.3, -0.25) is 4.79 Å². The molecular weight excluding hydrogens is 327 g/mol. The second-order valence-corrected chi connectivity index (χ2v) is 5.16. The number of anilines is 1. The van der Waals surface area contributed by atoms with Crippen molar-refractivity contribution in [1.82, 2.24) is 15.1 Å². The molecule has 0 aliphatic rings. The first-order valence-electron chi connectivity index (χ1n) is 7.52. The van der Waals surface area contributed by atoms with Crippen LogP contribution in [0.15, 0.2) is 47.1 Å². The van der Waals surface area contributed by atoms with Gasteiger partial charge in [-0.2, -0.15) is 4.98 Å². The van der Waals surface area contributed by atoms with E-state index in [-0.39, 0.29) is 18.1 Å². The molecule has 3 rings (SSSR count). The summed E-state index contributed by atoms with van der Waals surface area (Å²) in [5, 5.41) is 6.55. The second kappa shape index (κ2) is 7.52. The molecule has 2 heterocycles. The van der Waals surface area contributed by atoms with Crippen LogP contribution in [-0.4, -0.2) is 28.1 Å². The van der Waals surface area contributed by atoms with Crippen LogP contribution in [0.5, 0.6) is 5.88 Å². The average Bonchev–Trinajstić information content (AvgIpc) is 3.10. The van der Waals surface area contributed by atoms with Crippen LogP contribution in [0.4, 0.5) is 10.1 Å². The first kappa shape index (κ1) is 16.6. The fraction of sp³-hybridized carbons (Fsp3) is 0.176. The van der Waals surface area contributed by atoms with Gasteiger partial charge >= 0.3 is 0 Å². The second-order valence-electron chi connectivity index (χ2n) is 5.16. The molecule has 3 aromatic rings. The van der Waals surface area contributed by atoms with E-state index in [1.807, 2.05) is 0 Å². The van der Waals surface area contributed by atoms with Crippen molar-refractivity contribution in [1.29, 1.82) is 0 Å². The Morgan fingerprint density at radius 1 is 1.24 bits per heavy atom. The Bertz CT molecular complexity index is 847. The van der Waals surface area contributed by atoms with Gasteiger partial charge in [-0.05, 0) is 30.3 Å². The summed E-state index contributed by atoms with van der Waals surface area (Å²) in [6.07, 6.45) is 1.98. The minimum Gasteiger partial charge on any atom is -0.481 e. The van der Waals surface area contributed by atoms with Crippen molar-refractivity contribution in [3.63, 3.8) is 0 Å². The number of ether oxygens (including phenoxy) is 1. The van der Waals surface area contributed by atoms with Gasteiger partial charge in [0.15, 0.2) is 0 Å². The van der Waals surface area contributed by atoms with Crippen molar-refractivity contribution in [2.45, 2.75) is 12.8 Å². The molecule has 1 aromatic carbocycles. The van der Waals surface area contributed by atoms with E-state index in [1.165, 1.54) is 25.4 Å². The summed E-state index contributed by atoms with van der Waals surface area (Å²) in [6.45, 7) is 0. The zero-order valence-electron chi connectivity index (χ0n) is 13.4. The molecule has 8 heteroatoms. The Kier molecular flexibility index (Phi) is 4.98.